The Morgan fingerprint density at radius 2 is 1.70 bits per heavy atom. The maximum atomic E-state index is 11.7. The largest absolute Gasteiger partial charge is 0.505 e. The molecule has 4 aromatic carbocycles. The highest BCUT2D eigenvalue weighted by Gasteiger charge is 2.20. The van der Waals surface area contributed by atoms with Crippen LogP contribution in [0.1, 0.15) is 25.3 Å². The first-order chi connectivity index (χ1) is 14.7. The quantitative estimate of drug-likeness (QED) is 0.315. The van der Waals surface area contributed by atoms with Gasteiger partial charge in [-0.3, -0.25) is 0 Å². The summed E-state index contributed by atoms with van der Waals surface area (Å²) in [6.45, 7) is 2.17. The molecule has 5 heteroatoms. The topological polar surface area (TPSA) is 78.3 Å². The highest BCUT2D eigenvalue weighted by molar-refractivity contribution is 6.12. The number of hydrogen-bond acceptors (Lipinski definition) is 4. The summed E-state index contributed by atoms with van der Waals surface area (Å²) in [5, 5.41) is 17.6. The number of H-pyrrole nitrogens is 1. The van der Waals surface area contributed by atoms with Gasteiger partial charge >= 0.3 is 0 Å². The summed E-state index contributed by atoms with van der Waals surface area (Å²) in [4.78, 5) is 19.7. The van der Waals surface area contributed by atoms with Crippen molar-refractivity contribution in [2.24, 2.45) is 5.18 Å². The molecule has 1 aromatic heterocycles. The molecular formula is C25H21N3O2. The van der Waals surface area contributed by atoms with Gasteiger partial charge in [0.15, 0.2) is 0 Å². The predicted molar refractivity (Wildman–Crippen MR) is 122 cm³/mol. The number of aromatic nitrogens is 2. The first-order valence-corrected chi connectivity index (χ1v) is 10.2. The Kier molecular flexibility index (Phi) is 4.43. The highest BCUT2D eigenvalue weighted by atomic mass is 16.3. The fourth-order valence-corrected chi connectivity index (χ4v) is 4.18. The zero-order valence-corrected chi connectivity index (χ0v) is 16.6. The third-order valence-electron chi connectivity index (χ3n) is 5.72. The number of hydrogen-bond donors (Lipinski definition) is 2. The van der Waals surface area contributed by atoms with Crippen LogP contribution in [-0.4, -0.2) is 15.1 Å². The Labute approximate surface area is 173 Å². The number of benzene rings is 4. The van der Waals surface area contributed by atoms with Crippen molar-refractivity contribution < 1.29 is 5.11 Å². The number of imidazole rings is 1. The Balaban J connectivity index is 1.81. The molecule has 5 aromatic rings. The van der Waals surface area contributed by atoms with E-state index in [1.807, 2.05) is 24.3 Å². The van der Waals surface area contributed by atoms with Crippen LogP contribution in [0, 0.1) is 4.91 Å². The van der Waals surface area contributed by atoms with Gasteiger partial charge in [0.1, 0.15) is 28.3 Å². The molecule has 0 amide bonds. The molecule has 5 rings (SSSR count). The number of aryl methyl sites for hydroxylation is 1. The molecular weight excluding hydrogens is 374 g/mol. The van der Waals surface area contributed by atoms with Crippen molar-refractivity contribution in [2.45, 2.75) is 26.2 Å². The second-order valence-electron chi connectivity index (χ2n) is 7.60. The van der Waals surface area contributed by atoms with Crippen molar-refractivity contribution in [3.63, 3.8) is 0 Å². The SMILES string of the molecule is CCCCc1cc2ccccc2cc1-c1nc2c(N=O)c3ccccc3c(O)c2[nH]1. The summed E-state index contributed by atoms with van der Waals surface area (Å²) in [6.07, 6.45) is 3.10. The molecule has 0 radical (unpaired) electrons. The summed E-state index contributed by atoms with van der Waals surface area (Å²) in [5.74, 6) is 0.722. The normalized spacial score (nSPS) is 11.5. The van der Waals surface area contributed by atoms with E-state index in [1.165, 1.54) is 10.9 Å². The molecule has 0 saturated heterocycles. The first kappa shape index (κ1) is 18.3. The standard InChI is InChI=1S/C25H21N3O2/c1-2-3-8-17-13-15-9-4-5-10-16(15)14-20(17)25-26-22-21(28-30)18-11-6-7-12-19(18)24(29)23(22)27-25/h4-7,9-14,29H,2-3,8H2,1H3,(H,26,27). The number of unbranched alkanes of at least 4 members (excludes halogenated alkanes) is 1. The molecule has 148 valence electrons. The molecule has 0 aliphatic rings. The van der Waals surface area contributed by atoms with Crippen molar-refractivity contribution in [1.82, 2.24) is 9.97 Å². The number of fused-ring (bicyclic) bond motifs is 3. The molecule has 0 bridgehead atoms. The van der Waals surface area contributed by atoms with Gasteiger partial charge in [-0.05, 0) is 40.4 Å². The van der Waals surface area contributed by atoms with Gasteiger partial charge in [-0.25, -0.2) is 4.98 Å². The maximum Gasteiger partial charge on any atom is 0.149 e. The third kappa shape index (κ3) is 2.82. The van der Waals surface area contributed by atoms with Gasteiger partial charge in [0.25, 0.3) is 0 Å². The average Bonchev–Trinajstić information content (AvgIpc) is 3.23. The van der Waals surface area contributed by atoms with Crippen LogP contribution in [-0.2, 0) is 6.42 Å². The number of nitroso groups, excluding NO2 is 1. The van der Waals surface area contributed by atoms with Crippen molar-refractivity contribution in [3.8, 4) is 17.1 Å². The molecule has 5 nitrogen and oxygen atoms in total. The minimum absolute atomic E-state index is 0.0858. The van der Waals surface area contributed by atoms with Crippen LogP contribution in [0.4, 0.5) is 5.69 Å². The Bertz CT molecular complexity index is 1420. The lowest BCUT2D eigenvalue weighted by Gasteiger charge is -2.10. The van der Waals surface area contributed by atoms with E-state index in [2.05, 4.69) is 41.4 Å². The lowest BCUT2D eigenvalue weighted by Crippen LogP contribution is -1.93. The van der Waals surface area contributed by atoms with Gasteiger partial charge in [0.05, 0.1) is 0 Å². The summed E-state index contributed by atoms with van der Waals surface area (Å²) in [5.41, 5.74) is 3.26. The second-order valence-corrected chi connectivity index (χ2v) is 7.60. The summed E-state index contributed by atoms with van der Waals surface area (Å²) in [7, 11) is 0. The van der Waals surface area contributed by atoms with E-state index >= 15 is 0 Å². The van der Waals surface area contributed by atoms with Gasteiger partial charge in [-0.1, -0.05) is 67.9 Å². The molecule has 0 atom stereocenters. The van der Waals surface area contributed by atoms with Gasteiger partial charge in [0, 0.05) is 16.3 Å². The maximum absolute atomic E-state index is 11.7. The van der Waals surface area contributed by atoms with Gasteiger partial charge < -0.3 is 10.1 Å². The molecule has 0 spiro atoms. The molecule has 2 N–H and O–H groups in total. The van der Waals surface area contributed by atoms with Crippen molar-refractivity contribution in [3.05, 3.63) is 71.1 Å². The van der Waals surface area contributed by atoms with Crippen molar-refractivity contribution in [2.75, 3.05) is 0 Å². The smallest absolute Gasteiger partial charge is 0.149 e. The number of phenols is 1. The van der Waals surface area contributed by atoms with E-state index in [4.69, 9.17) is 4.98 Å². The first-order valence-electron chi connectivity index (χ1n) is 10.2. The fourth-order valence-electron chi connectivity index (χ4n) is 4.18. The Hall–Kier alpha value is -3.73. The molecule has 0 aliphatic heterocycles. The zero-order valence-electron chi connectivity index (χ0n) is 16.6. The molecule has 0 aliphatic carbocycles. The van der Waals surface area contributed by atoms with E-state index in [-0.39, 0.29) is 11.4 Å². The minimum atomic E-state index is 0.0858. The minimum Gasteiger partial charge on any atom is -0.505 e. The fraction of sp³-hybridized carbons (Fsp3) is 0.160. The van der Waals surface area contributed by atoms with E-state index in [0.29, 0.717) is 27.6 Å². The lowest BCUT2D eigenvalue weighted by atomic mass is 9.97. The number of nitrogens with one attached hydrogen (secondary N) is 1. The number of phenolic OH excluding ortho intramolecular Hbond substituents is 1. The zero-order chi connectivity index (χ0) is 20.7. The van der Waals surface area contributed by atoms with Crippen LogP contribution in [0.3, 0.4) is 0 Å². The van der Waals surface area contributed by atoms with Crippen molar-refractivity contribution in [1.29, 1.82) is 0 Å². The molecule has 0 saturated carbocycles. The van der Waals surface area contributed by atoms with Gasteiger partial charge in [-0.15, -0.1) is 4.91 Å². The Morgan fingerprint density at radius 3 is 2.43 bits per heavy atom. The van der Waals surface area contributed by atoms with Gasteiger partial charge in [0.2, 0.25) is 0 Å². The number of nitrogens with zero attached hydrogens (tertiary/aromatic N) is 2. The van der Waals surface area contributed by atoms with Crippen LogP contribution in [0.2, 0.25) is 0 Å². The molecule has 0 unspecified atom stereocenters. The van der Waals surface area contributed by atoms with Crippen LogP contribution < -0.4 is 0 Å². The molecule has 1 heterocycles. The van der Waals surface area contributed by atoms with Crippen LogP contribution in [0.5, 0.6) is 5.75 Å². The van der Waals surface area contributed by atoms with E-state index in [1.54, 1.807) is 12.1 Å². The molecule has 30 heavy (non-hydrogen) atoms. The van der Waals surface area contributed by atoms with E-state index in [9.17, 15) is 10.0 Å². The summed E-state index contributed by atoms with van der Waals surface area (Å²) in [6, 6.07) is 19.8. The molecule has 0 fully saturated rings. The number of aromatic amines is 1. The van der Waals surface area contributed by atoms with Gasteiger partial charge in [-0.2, -0.15) is 0 Å². The van der Waals surface area contributed by atoms with Crippen molar-refractivity contribution >= 4 is 38.3 Å². The van der Waals surface area contributed by atoms with Crippen LogP contribution in [0.15, 0.2) is 65.8 Å². The van der Waals surface area contributed by atoms with E-state index < -0.39 is 0 Å². The predicted octanol–water partition coefficient (Wildman–Crippen LogP) is 6.98. The number of rotatable bonds is 5. The van der Waals surface area contributed by atoms with Crippen LogP contribution >= 0.6 is 0 Å². The van der Waals surface area contributed by atoms with E-state index in [0.717, 1.165) is 30.2 Å². The number of aromatic hydroxyl groups is 1. The monoisotopic (exact) mass is 395 g/mol. The Morgan fingerprint density at radius 1 is 1.00 bits per heavy atom. The summed E-state index contributed by atoms with van der Waals surface area (Å²) < 4.78 is 0. The highest BCUT2D eigenvalue weighted by Crippen LogP contribution is 2.42. The van der Waals surface area contributed by atoms with Crippen LogP contribution in [0.25, 0.3) is 44.0 Å². The summed E-state index contributed by atoms with van der Waals surface area (Å²) >= 11 is 0. The average molecular weight is 395 g/mol. The third-order valence-corrected chi connectivity index (χ3v) is 5.72. The lowest BCUT2D eigenvalue weighted by molar-refractivity contribution is 0.486. The second kappa shape index (κ2) is 7.26.